The molecule has 0 heterocycles. The fourth-order valence-electron chi connectivity index (χ4n) is 2.43. The number of aliphatic hydroxyl groups is 1. The number of carbonyl (C=O) groups is 1. The average Bonchev–Trinajstić information content (AvgIpc) is 2.62. The van der Waals surface area contributed by atoms with E-state index in [2.05, 4.69) is 10.0 Å². The van der Waals surface area contributed by atoms with Crippen molar-refractivity contribution < 1.29 is 23.4 Å². The van der Waals surface area contributed by atoms with Crippen molar-refractivity contribution in [2.45, 2.75) is 24.3 Å². The molecule has 0 saturated heterocycles. The third kappa shape index (κ3) is 5.04. The monoisotopic (exact) mass is 378 g/mol. The highest BCUT2D eigenvalue weighted by Gasteiger charge is 2.21. The third-order valence-electron chi connectivity index (χ3n) is 3.81. The minimum atomic E-state index is -3.89. The third-order valence-corrected chi connectivity index (χ3v) is 5.35. The zero-order valence-corrected chi connectivity index (χ0v) is 15.2. The summed E-state index contributed by atoms with van der Waals surface area (Å²) in [4.78, 5) is 11.4. The van der Waals surface area contributed by atoms with E-state index in [1.54, 1.807) is 6.92 Å². The van der Waals surface area contributed by atoms with E-state index in [0.29, 0.717) is 18.7 Å². The van der Waals surface area contributed by atoms with Crippen molar-refractivity contribution in [3.05, 3.63) is 59.7 Å². The van der Waals surface area contributed by atoms with Crippen LogP contribution in [-0.4, -0.2) is 37.8 Å². The van der Waals surface area contributed by atoms with E-state index in [-0.39, 0.29) is 17.1 Å². The van der Waals surface area contributed by atoms with Gasteiger partial charge in [0.2, 0.25) is 10.0 Å². The van der Waals surface area contributed by atoms with Crippen LogP contribution >= 0.6 is 0 Å². The van der Waals surface area contributed by atoms with Crippen molar-refractivity contribution in [2.75, 3.05) is 18.5 Å². The lowest BCUT2D eigenvalue weighted by molar-refractivity contribution is 0.0697. The molecule has 0 radical (unpaired) electrons. The SMILES string of the molecule is C[C@@H](NS(=O)(=O)c1ccc(NCCCO)c(C(=O)O)c1)c1ccccc1. The van der Waals surface area contributed by atoms with Crippen LogP contribution in [0.2, 0.25) is 0 Å². The summed E-state index contributed by atoms with van der Waals surface area (Å²) >= 11 is 0. The first-order valence-corrected chi connectivity index (χ1v) is 9.63. The molecule has 0 aliphatic rings. The number of aromatic carboxylic acids is 1. The maximum Gasteiger partial charge on any atom is 0.337 e. The van der Waals surface area contributed by atoms with Crippen LogP contribution in [0.25, 0.3) is 0 Å². The molecule has 0 bridgehead atoms. The second-order valence-corrected chi connectivity index (χ2v) is 7.48. The lowest BCUT2D eigenvalue weighted by atomic mass is 10.1. The number of benzene rings is 2. The van der Waals surface area contributed by atoms with Crippen LogP contribution < -0.4 is 10.0 Å². The van der Waals surface area contributed by atoms with Gasteiger partial charge in [0, 0.05) is 24.9 Å². The second kappa shape index (κ2) is 8.79. The molecule has 0 spiro atoms. The van der Waals surface area contributed by atoms with Crippen LogP contribution in [-0.2, 0) is 10.0 Å². The van der Waals surface area contributed by atoms with Crippen molar-refractivity contribution in [2.24, 2.45) is 0 Å². The van der Waals surface area contributed by atoms with E-state index < -0.39 is 22.0 Å². The summed E-state index contributed by atoms with van der Waals surface area (Å²) in [6.07, 6.45) is 0.454. The molecule has 0 aromatic heterocycles. The average molecular weight is 378 g/mol. The largest absolute Gasteiger partial charge is 0.478 e. The molecule has 0 unspecified atom stereocenters. The molecule has 140 valence electrons. The van der Waals surface area contributed by atoms with Gasteiger partial charge in [0.15, 0.2) is 0 Å². The van der Waals surface area contributed by atoms with Crippen molar-refractivity contribution in [3.8, 4) is 0 Å². The Morgan fingerprint density at radius 3 is 2.46 bits per heavy atom. The molecule has 2 rings (SSSR count). The van der Waals surface area contributed by atoms with E-state index in [9.17, 15) is 18.3 Å². The van der Waals surface area contributed by atoms with Crippen LogP contribution in [0.15, 0.2) is 53.4 Å². The summed E-state index contributed by atoms with van der Waals surface area (Å²) in [7, 11) is -3.89. The van der Waals surface area contributed by atoms with Crippen molar-refractivity contribution in [1.82, 2.24) is 4.72 Å². The van der Waals surface area contributed by atoms with Gasteiger partial charge in [0.05, 0.1) is 10.5 Å². The first kappa shape index (κ1) is 19.9. The molecule has 4 N–H and O–H groups in total. The molecule has 0 saturated carbocycles. The van der Waals surface area contributed by atoms with E-state index in [1.165, 1.54) is 12.1 Å². The minimum Gasteiger partial charge on any atom is -0.478 e. The number of carboxylic acids is 1. The Labute approximate surface area is 152 Å². The fourth-order valence-corrected chi connectivity index (χ4v) is 3.69. The Hall–Kier alpha value is -2.42. The summed E-state index contributed by atoms with van der Waals surface area (Å²) < 4.78 is 27.8. The van der Waals surface area contributed by atoms with E-state index >= 15 is 0 Å². The molecule has 0 aliphatic carbocycles. The van der Waals surface area contributed by atoms with Crippen molar-refractivity contribution in [3.63, 3.8) is 0 Å². The number of hydrogen-bond acceptors (Lipinski definition) is 5. The molecular weight excluding hydrogens is 356 g/mol. The Balaban J connectivity index is 2.25. The van der Waals surface area contributed by atoms with Gasteiger partial charge < -0.3 is 15.5 Å². The van der Waals surface area contributed by atoms with Gasteiger partial charge in [-0.25, -0.2) is 17.9 Å². The summed E-state index contributed by atoms with van der Waals surface area (Å²) in [5, 5.41) is 21.1. The Kier molecular flexibility index (Phi) is 6.73. The van der Waals surface area contributed by atoms with Crippen LogP contribution in [0, 0.1) is 0 Å². The van der Waals surface area contributed by atoms with E-state index in [0.717, 1.165) is 11.6 Å². The minimum absolute atomic E-state index is 0.0246. The summed E-state index contributed by atoms with van der Waals surface area (Å²) in [5.41, 5.74) is 0.969. The normalized spacial score (nSPS) is 12.5. The maximum absolute atomic E-state index is 12.6. The summed E-state index contributed by atoms with van der Waals surface area (Å²) in [5.74, 6) is -1.23. The van der Waals surface area contributed by atoms with Gasteiger partial charge in [-0.2, -0.15) is 0 Å². The Bertz CT molecular complexity index is 853. The van der Waals surface area contributed by atoms with E-state index in [1.807, 2.05) is 30.3 Å². The second-order valence-electron chi connectivity index (χ2n) is 5.77. The van der Waals surface area contributed by atoms with Gasteiger partial charge in [-0.05, 0) is 37.1 Å². The topological polar surface area (TPSA) is 116 Å². The molecule has 7 nitrogen and oxygen atoms in total. The molecule has 2 aromatic rings. The Morgan fingerprint density at radius 2 is 1.85 bits per heavy atom. The van der Waals surface area contributed by atoms with Gasteiger partial charge in [0.1, 0.15) is 0 Å². The lowest BCUT2D eigenvalue weighted by Gasteiger charge is -2.16. The number of rotatable bonds is 9. The number of nitrogens with one attached hydrogen (secondary N) is 2. The van der Waals surface area contributed by atoms with Gasteiger partial charge in [0.25, 0.3) is 0 Å². The highest BCUT2D eigenvalue weighted by Crippen LogP contribution is 2.22. The highest BCUT2D eigenvalue weighted by atomic mass is 32.2. The number of anilines is 1. The predicted octanol–water partition coefficient (Wildman–Crippen LogP) is 2.22. The van der Waals surface area contributed by atoms with Gasteiger partial charge >= 0.3 is 5.97 Å². The number of carboxylic acid groups (broad SMARTS) is 1. The number of sulfonamides is 1. The van der Waals surface area contributed by atoms with Crippen molar-refractivity contribution >= 4 is 21.7 Å². The first-order valence-electron chi connectivity index (χ1n) is 8.14. The van der Waals surface area contributed by atoms with Gasteiger partial charge in [-0.3, -0.25) is 0 Å². The lowest BCUT2D eigenvalue weighted by Crippen LogP contribution is -2.27. The first-order chi connectivity index (χ1) is 12.3. The molecule has 0 aliphatic heterocycles. The van der Waals surface area contributed by atoms with Gasteiger partial charge in [-0.15, -0.1) is 0 Å². The standard InChI is InChI=1S/C18H22N2O5S/c1-13(14-6-3-2-4-7-14)20-26(24,25)15-8-9-17(19-10-5-11-21)16(12-15)18(22)23/h2-4,6-9,12-13,19-21H,5,10-11H2,1H3,(H,22,23)/t13-/m1/s1. The highest BCUT2D eigenvalue weighted by molar-refractivity contribution is 7.89. The van der Waals surface area contributed by atoms with Crippen LogP contribution in [0.3, 0.4) is 0 Å². The smallest absolute Gasteiger partial charge is 0.337 e. The molecule has 2 aromatic carbocycles. The number of aliphatic hydroxyl groups excluding tert-OH is 1. The van der Waals surface area contributed by atoms with E-state index in [4.69, 9.17) is 5.11 Å². The maximum atomic E-state index is 12.6. The molecule has 1 atom stereocenters. The zero-order valence-electron chi connectivity index (χ0n) is 14.3. The molecule has 0 amide bonds. The molecule has 0 fully saturated rings. The molecule has 26 heavy (non-hydrogen) atoms. The fraction of sp³-hybridized carbons (Fsp3) is 0.278. The Morgan fingerprint density at radius 1 is 1.15 bits per heavy atom. The molecular formula is C18H22N2O5S. The van der Waals surface area contributed by atoms with Crippen LogP contribution in [0.1, 0.15) is 35.3 Å². The van der Waals surface area contributed by atoms with Gasteiger partial charge in [-0.1, -0.05) is 30.3 Å². The summed E-state index contributed by atoms with van der Waals surface area (Å²) in [6.45, 7) is 2.07. The van der Waals surface area contributed by atoms with Crippen molar-refractivity contribution in [1.29, 1.82) is 0 Å². The number of hydrogen-bond donors (Lipinski definition) is 4. The molecule has 8 heteroatoms. The van der Waals surface area contributed by atoms with Crippen LogP contribution in [0.4, 0.5) is 5.69 Å². The van der Waals surface area contributed by atoms with Crippen LogP contribution in [0.5, 0.6) is 0 Å². The zero-order chi connectivity index (χ0) is 19.2. The predicted molar refractivity (Wildman–Crippen MR) is 98.8 cm³/mol. The quantitative estimate of drug-likeness (QED) is 0.497. The summed E-state index contributed by atoms with van der Waals surface area (Å²) in [6, 6.07) is 12.5.